The van der Waals surface area contributed by atoms with Gasteiger partial charge in [0, 0.05) is 33.3 Å². The first-order chi connectivity index (χ1) is 21.0. The van der Waals surface area contributed by atoms with Gasteiger partial charge in [0.2, 0.25) is 0 Å². The summed E-state index contributed by atoms with van der Waals surface area (Å²) in [5, 5.41) is 1.79. The van der Waals surface area contributed by atoms with E-state index in [-0.39, 0.29) is 53.5 Å². The Hall–Kier alpha value is -4.45. The molecule has 3 aromatic rings. The molecule has 0 fully saturated rings. The smallest absolute Gasteiger partial charge is 0.416 e. The van der Waals surface area contributed by atoms with Crippen LogP contribution in [0.2, 0.25) is 0 Å². The van der Waals surface area contributed by atoms with Gasteiger partial charge in [-0.25, -0.2) is 9.18 Å². The molecule has 0 bridgehead atoms. The first-order valence-electron chi connectivity index (χ1n) is 13.8. The summed E-state index contributed by atoms with van der Waals surface area (Å²) in [5.41, 5.74) is 5.70. The fraction of sp³-hybridized carbons (Fsp3) is 0.281. The van der Waals surface area contributed by atoms with Gasteiger partial charge in [0.05, 0.1) is 30.3 Å². The molecule has 0 spiro atoms. The van der Waals surface area contributed by atoms with Crippen molar-refractivity contribution < 1.29 is 41.4 Å². The van der Waals surface area contributed by atoms with E-state index in [1.165, 1.54) is 52.6 Å². The lowest BCUT2D eigenvalue weighted by Crippen LogP contribution is -2.46. The topological polar surface area (TPSA) is 98.9 Å². The number of allylic oxidation sites excluding steroid dienone is 2. The Labute approximate surface area is 254 Å². The number of hydrogen-bond acceptors (Lipinski definition) is 8. The molecule has 1 aromatic heterocycles. The van der Waals surface area contributed by atoms with E-state index in [0.717, 1.165) is 12.1 Å². The number of alkyl halides is 3. The molecule has 44 heavy (non-hydrogen) atoms. The standard InChI is InChI=1S/C32H28F4N2O5S/c1-3-42-30(40)25-20(23-10-7-15-44-23)16-22-26(28(25)39)24(19-8-5-6-9-21(19)33)27(31(41)43-4-2)29(37)38(22)18-13-11-17(12-14-18)32(34,35)36/h5-15,20,24-25H,3-4,16,37H2,1-2H3. The summed E-state index contributed by atoms with van der Waals surface area (Å²) < 4.78 is 66.4. The van der Waals surface area contributed by atoms with E-state index in [4.69, 9.17) is 15.2 Å². The van der Waals surface area contributed by atoms with E-state index >= 15 is 4.39 Å². The Kier molecular flexibility index (Phi) is 8.64. The van der Waals surface area contributed by atoms with Crippen molar-refractivity contribution in [3.05, 3.63) is 111 Å². The van der Waals surface area contributed by atoms with Gasteiger partial charge in [-0.3, -0.25) is 14.5 Å². The predicted molar refractivity (Wildman–Crippen MR) is 155 cm³/mol. The van der Waals surface area contributed by atoms with Crippen molar-refractivity contribution in [3.8, 4) is 0 Å². The third-order valence-corrected chi connectivity index (χ3v) is 8.66. The number of carbonyl (C=O) groups excluding carboxylic acids is 3. The van der Waals surface area contributed by atoms with E-state index in [2.05, 4.69) is 0 Å². The van der Waals surface area contributed by atoms with E-state index in [0.29, 0.717) is 4.88 Å². The Balaban J connectivity index is 1.82. The molecule has 1 aliphatic heterocycles. The van der Waals surface area contributed by atoms with Crippen molar-refractivity contribution in [2.24, 2.45) is 11.7 Å². The molecule has 0 saturated heterocycles. The molecule has 3 unspecified atom stereocenters. The number of rotatable bonds is 7. The number of anilines is 1. The summed E-state index contributed by atoms with van der Waals surface area (Å²) >= 11 is 1.32. The zero-order valence-electron chi connectivity index (χ0n) is 23.7. The third kappa shape index (κ3) is 5.49. The number of nitrogens with two attached hydrogens (primary N) is 1. The summed E-state index contributed by atoms with van der Waals surface area (Å²) in [7, 11) is 0. The summed E-state index contributed by atoms with van der Waals surface area (Å²) in [6, 6.07) is 13.2. The van der Waals surface area contributed by atoms with Crippen molar-refractivity contribution >= 4 is 34.7 Å². The van der Waals surface area contributed by atoms with Crippen LogP contribution >= 0.6 is 11.3 Å². The van der Waals surface area contributed by atoms with Crippen molar-refractivity contribution in [3.63, 3.8) is 0 Å². The Bertz CT molecular complexity index is 1650. The van der Waals surface area contributed by atoms with Crippen LogP contribution in [0, 0.1) is 11.7 Å². The fourth-order valence-electron chi connectivity index (χ4n) is 5.82. The van der Waals surface area contributed by atoms with Gasteiger partial charge in [-0.2, -0.15) is 13.2 Å². The van der Waals surface area contributed by atoms with Gasteiger partial charge in [-0.1, -0.05) is 24.3 Å². The Morgan fingerprint density at radius 3 is 2.27 bits per heavy atom. The molecule has 0 amide bonds. The Morgan fingerprint density at radius 2 is 1.68 bits per heavy atom. The lowest BCUT2D eigenvalue weighted by Gasteiger charge is -2.43. The predicted octanol–water partition coefficient (Wildman–Crippen LogP) is 6.43. The average Bonchev–Trinajstić information content (AvgIpc) is 3.52. The molecular weight excluding hydrogens is 600 g/mol. The van der Waals surface area contributed by atoms with Crippen LogP contribution in [0.1, 0.15) is 48.1 Å². The minimum Gasteiger partial charge on any atom is -0.465 e. The first kappa shape index (κ1) is 31.0. The van der Waals surface area contributed by atoms with Gasteiger partial charge in [-0.15, -0.1) is 11.3 Å². The number of hydrogen-bond donors (Lipinski definition) is 1. The highest BCUT2D eigenvalue weighted by Crippen LogP contribution is 2.52. The van der Waals surface area contributed by atoms with Crippen LogP contribution in [0.3, 0.4) is 0 Å². The van der Waals surface area contributed by atoms with E-state index in [1.54, 1.807) is 31.4 Å². The SMILES string of the molecule is CCOC(=O)C1=C(N)N(c2ccc(C(F)(F)F)cc2)C2=C(C(=O)C(C(=O)OCC)C(c3cccs3)C2)C1c1ccccc1F. The number of carbonyl (C=O) groups is 3. The molecule has 3 atom stereocenters. The van der Waals surface area contributed by atoms with Crippen molar-refractivity contribution in [1.29, 1.82) is 0 Å². The number of esters is 2. The fourth-order valence-corrected chi connectivity index (χ4v) is 6.69. The number of nitrogens with zero attached hydrogens (tertiary/aromatic N) is 1. The number of thiophene rings is 1. The molecule has 0 saturated carbocycles. The quantitative estimate of drug-likeness (QED) is 0.183. The minimum absolute atomic E-state index is 0.00102. The van der Waals surface area contributed by atoms with Crippen molar-refractivity contribution in [1.82, 2.24) is 0 Å². The maximum absolute atomic E-state index is 15.5. The van der Waals surface area contributed by atoms with Crippen molar-refractivity contribution in [2.45, 2.75) is 38.3 Å². The molecule has 5 rings (SSSR count). The lowest BCUT2D eigenvalue weighted by molar-refractivity contribution is -0.152. The van der Waals surface area contributed by atoms with Crippen LogP contribution in [-0.4, -0.2) is 30.9 Å². The number of Topliss-reactive ketones (excluding diaryl/α,β-unsaturated/α-hetero) is 1. The summed E-state index contributed by atoms with van der Waals surface area (Å²) in [6.07, 6.45) is -4.61. The molecule has 2 N–H and O–H groups in total. The molecule has 2 aliphatic rings. The lowest BCUT2D eigenvalue weighted by atomic mass is 9.68. The Morgan fingerprint density at radius 1 is 1.00 bits per heavy atom. The second-order valence-electron chi connectivity index (χ2n) is 10.1. The summed E-state index contributed by atoms with van der Waals surface area (Å²) in [4.78, 5) is 43.5. The molecule has 230 valence electrons. The highest BCUT2D eigenvalue weighted by Gasteiger charge is 2.52. The average molecular weight is 629 g/mol. The zero-order chi connectivity index (χ0) is 31.8. The van der Waals surface area contributed by atoms with Gasteiger partial charge in [0.1, 0.15) is 17.6 Å². The third-order valence-electron chi connectivity index (χ3n) is 7.65. The van der Waals surface area contributed by atoms with Crippen LogP contribution in [0.4, 0.5) is 23.2 Å². The largest absolute Gasteiger partial charge is 0.465 e. The molecule has 1 aliphatic carbocycles. The maximum atomic E-state index is 15.5. The first-order valence-corrected chi connectivity index (χ1v) is 14.7. The number of ketones is 1. The second kappa shape index (κ2) is 12.3. The van der Waals surface area contributed by atoms with Gasteiger partial charge < -0.3 is 15.2 Å². The van der Waals surface area contributed by atoms with E-state index in [1.807, 2.05) is 0 Å². The molecule has 0 radical (unpaired) electrons. The van der Waals surface area contributed by atoms with Gasteiger partial charge in [0.15, 0.2) is 5.78 Å². The second-order valence-corrected chi connectivity index (χ2v) is 11.1. The van der Waals surface area contributed by atoms with E-state index < -0.39 is 53.0 Å². The number of ether oxygens (including phenoxy) is 2. The highest BCUT2D eigenvalue weighted by atomic mass is 32.1. The summed E-state index contributed by atoms with van der Waals surface area (Å²) in [5.74, 6) is -6.83. The zero-order valence-corrected chi connectivity index (χ0v) is 24.5. The highest BCUT2D eigenvalue weighted by molar-refractivity contribution is 7.10. The molecule has 12 heteroatoms. The molecule has 2 aromatic carbocycles. The van der Waals surface area contributed by atoms with Crippen LogP contribution in [0.25, 0.3) is 0 Å². The minimum atomic E-state index is -4.61. The molecular formula is C32H28F4N2O5S. The molecule has 2 heterocycles. The number of benzene rings is 2. The van der Waals surface area contributed by atoms with Crippen LogP contribution in [-0.2, 0) is 30.0 Å². The summed E-state index contributed by atoms with van der Waals surface area (Å²) in [6.45, 7) is 3.09. The normalized spacial score (nSPS) is 20.5. The molecule has 7 nitrogen and oxygen atoms in total. The maximum Gasteiger partial charge on any atom is 0.416 e. The van der Waals surface area contributed by atoms with E-state index in [9.17, 15) is 27.6 Å². The van der Waals surface area contributed by atoms with Gasteiger partial charge in [0.25, 0.3) is 0 Å². The van der Waals surface area contributed by atoms with Crippen molar-refractivity contribution in [2.75, 3.05) is 18.1 Å². The van der Waals surface area contributed by atoms with Gasteiger partial charge in [-0.05, 0) is 62.0 Å². The van der Waals surface area contributed by atoms with Crippen LogP contribution < -0.4 is 10.6 Å². The van der Waals surface area contributed by atoms with Crippen LogP contribution in [0.5, 0.6) is 0 Å². The monoisotopic (exact) mass is 628 g/mol. The van der Waals surface area contributed by atoms with Gasteiger partial charge >= 0.3 is 18.1 Å². The van der Waals surface area contributed by atoms with Crippen LogP contribution in [0.15, 0.2) is 88.7 Å². The number of halogens is 4.